The Balaban J connectivity index is 2.06. The maximum absolute atomic E-state index is 13.9. The second-order valence-corrected chi connectivity index (χ2v) is 11.9. The summed E-state index contributed by atoms with van der Waals surface area (Å²) in [5.74, 6) is -0.962. The molecule has 3 aromatic rings. The van der Waals surface area contributed by atoms with Crippen molar-refractivity contribution in [3.05, 3.63) is 98.5 Å². The van der Waals surface area contributed by atoms with Crippen LogP contribution in [0.4, 0.5) is 5.69 Å². The van der Waals surface area contributed by atoms with E-state index in [1.54, 1.807) is 43.3 Å². The molecule has 0 aliphatic carbocycles. The number of halogens is 3. The van der Waals surface area contributed by atoms with Crippen LogP contribution >= 0.6 is 34.8 Å². The molecule has 1 atom stereocenters. The number of benzene rings is 3. The Labute approximate surface area is 238 Å². The number of anilines is 1. The van der Waals surface area contributed by atoms with Gasteiger partial charge in [-0.25, -0.2) is 8.42 Å². The minimum absolute atomic E-state index is 0.00214. The second-order valence-electron chi connectivity index (χ2n) is 8.79. The van der Waals surface area contributed by atoms with Crippen molar-refractivity contribution >= 4 is 62.3 Å². The molecule has 1 unspecified atom stereocenters. The highest BCUT2D eigenvalue weighted by Crippen LogP contribution is 2.27. The number of hydrogen-bond donors (Lipinski definition) is 1. The van der Waals surface area contributed by atoms with Crippen molar-refractivity contribution in [2.24, 2.45) is 0 Å². The van der Waals surface area contributed by atoms with E-state index in [1.807, 2.05) is 30.3 Å². The molecule has 1 N–H and O–H groups in total. The lowest BCUT2D eigenvalue weighted by Crippen LogP contribution is -2.53. The van der Waals surface area contributed by atoms with Gasteiger partial charge in [0.15, 0.2) is 0 Å². The van der Waals surface area contributed by atoms with Crippen LogP contribution in [0.5, 0.6) is 0 Å². The normalized spacial score (nSPS) is 12.1. The molecule has 0 heterocycles. The Hall–Kier alpha value is -2.78. The highest BCUT2D eigenvalue weighted by molar-refractivity contribution is 7.92. The number of carbonyl (C=O) groups excluding carboxylic acids is 2. The van der Waals surface area contributed by atoms with Crippen LogP contribution in [-0.4, -0.2) is 51.0 Å². The molecule has 0 saturated heterocycles. The molecule has 0 aliphatic rings. The molecule has 3 rings (SSSR count). The largest absolute Gasteiger partial charge is 0.357 e. The molecule has 3 aromatic carbocycles. The van der Waals surface area contributed by atoms with Gasteiger partial charge >= 0.3 is 0 Å². The number of nitrogens with zero attached hydrogens (tertiary/aromatic N) is 2. The third kappa shape index (κ3) is 7.63. The molecule has 202 valence electrons. The fraction of sp³-hybridized carbons (Fsp3) is 0.259. The van der Waals surface area contributed by atoms with Gasteiger partial charge in [-0.15, -0.1) is 0 Å². The lowest BCUT2D eigenvalue weighted by atomic mass is 10.0. The smallest absolute Gasteiger partial charge is 0.244 e. The van der Waals surface area contributed by atoms with Crippen LogP contribution in [0.25, 0.3) is 0 Å². The SMILES string of the molecule is CNC(=O)C(Cc1ccccc1)N(Cc1ccc(Cl)c(Cl)c1)C(=O)CN(c1ccc(Cl)cc1C)S(C)(=O)=O. The lowest BCUT2D eigenvalue weighted by Gasteiger charge is -2.33. The summed E-state index contributed by atoms with van der Waals surface area (Å²) in [5.41, 5.74) is 2.36. The first kappa shape index (κ1) is 29.8. The molecule has 0 aliphatic heterocycles. The van der Waals surface area contributed by atoms with Gasteiger partial charge in [0.05, 0.1) is 22.0 Å². The third-order valence-electron chi connectivity index (χ3n) is 5.96. The number of rotatable bonds is 10. The Morgan fingerprint density at radius 2 is 1.61 bits per heavy atom. The van der Waals surface area contributed by atoms with Crippen molar-refractivity contribution in [3.8, 4) is 0 Å². The number of sulfonamides is 1. The molecule has 0 spiro atoms. The Bertz CT molecular complexity index is 1420. The molecule has 0 radical (unpaired) electrons. The van der Waals surface area contributed by atoms with Crippen LogP contribution in [0.15, 0.2) is 66.7 Å². The van der Waals surface area contributed by atoms with E-state index >= 15 is 0 Å². The monoisotopic (exact) mass is 595 g/mol. The number of nitrogens with one attached hydrogen (secondary N) is 1. The van der Waals surface area contributed by atoms with E-state index in [0.29, 0.717) is 31.9 Å². The average molecular weight is 597 g/mol. The van der Waals surface area contributed by atoms with Crippen molar-refractivity contribution < 1.29 is 18.0 Å². The molecular formula is C27H28Cl3N3O4S. The van der Waals surface area contributed by atoms with Crippen LogP contribution in [0.2, 0.25) is 15.1 Å². The van der Waals surface area contributed by atoms with Gasteiger partial charge in [-0.3, -0.25) is 13.9 Å². The van der Waals surface area contributed by atoms with E-state index in [-0.39, 0.29) is 13.0 Å². The van der Waals surface area contributed by atoms with Crippen molar-refractivity contribution in [2.75, 3.05) is 24.2 Å². The van der Waals surface area contributed by atoms with E-state index in [9.17, 15) is 18.0 Å². The number of aryl methyl sites for hydroxylation is 1. The molecule has 2 amide bonds. The summed E-state index contributed by atoms with van der Waals surface area (Å²) in [6.07, 6.45) is 1.24. The van der Waals surface area contributed by atoms with Gasteiger partial charge in [0.2, 0.25) is 21.8 Å². The Morgan fingerprint density at radius 3 is 2.18 bits per heavy atom. The predicted octanol–water partition coefficient (Wildman–Crippen LogP) is 5.11. The van der Waals surface area contributed by atoms with Crippen LogP contribution in [0.3, 0.4) is 0 Å². The Morgan fingerprint density at radius 1 is 0.921 bits per heavy atom. The molecule has 0 bridgehead atoms. The van der Waals surface area contributed by atoms with Gasteiger partial charge in [0.1, 0.15) is 12.6 Å². The van der Waals surface area contributed by atoms with E-state index in [1.165, 1.54) is 11.9 Å². The molecule has 11 heteroatoms. The van der Waals surface area contributed by atoms with Crippen LogP contribution < -0.4 is 9.62 Å². The first-order valence-corrected chi connectivity index (χ1v) is 14.6. The first-order valence-electron chi connectivity index (χ1n) is 11.6. The van der Waals surface area contributed by atoms with E-state index in [2.05, 4.69) is 5.32 Å². The van der Waals surface area contributed by atoms with Gasteiger partial charge < -0.3 is 10.2 Å². The zero-order chi connectivity index (χ0) is 28.0. The van der Waals surface area contributed by atoms with E-state index in [4.69, 9.17) is 34.8 Å². The van der Waals surface area contributed by atoms with Gasteiger partial charge in [-0.2, -0.15) is 0 Å². The maximum Gasteiger partial charge on any atom is 0.244 e. The van der Waals surface area contributed by atoms with E-state index < -0.39 is 34.4 Å². The number of amides is 2. The summed E-state index contributed by atoms with van der Waals surface area (Å²) in [7, 11) is -2.39. The zero-order valence-corrected chi connectivity index (χ0v) is 24.2. The number of hydrogen-bond acceptors (Lipinski definition) is 4. The van der Waals surface area contributed by atoms with Gasteiger partial charge in [-0.1, -0.05) is 71.2 Å². The predicted molar refractivity (Wildman–Crippen MR) is 153 cm³/mol. The molecule has 0 fully saturated rings. The average Bonchev–Trinajstić information content (AvgIpc) is 2.86. The number of likely N-dealkylation sites (N-methyl/N-ethyl adjacent to an activating group) is 1. The summed E-state index contributed by atoms with van der Waals surface area (Å²) in [5, 5.41) is 3.72. The summed E-state index contributed by atoms with van der Waals surface area (Å²) in [4.78, 5) is 28.4. The number of carbonyl (C=O) groups is 2. The molecule has 0 aromatic heterocycles. The summed E-state index contributed by atoms with van der Waals surface area (Å²) >= 11 is 18.4. The molecule has 0 saturated carbocycles. The standard InChI is InChI=1S/C27H28Cl3N3O4S/c1-18-13-21(28)10-12-24(18)33(38(3,36)37)17-26(34)32(16-20-9-11-22(29)23(30)14-20)25(27(35)31-2)15-19-7-5-4-6-8-19/h4-14,25H,15-17H2,1-3H3,(H,31,35). The highest BCUT2D eigenvalue weighted by atomic mass is 35.5. The molecule has 7 nitrogen and oxygen atoms in total. The summed E-state index contributed by atoms with van der Waals surface area (Å²) in [6, 6.07) is 18.0. The summed E-state index contributed by atoms with van der Waals surface area (Å²) < 4.78 is 26.7. The minimum Gasteiger partial charge on any atom is -0.357 e. The first-order chi connectivity index (χ1) is 17.9. The quantitative estimate of drug-likeness (QED) is 0.353. The zero-order valence-electron chi connectivity index (χ0n) is 21.1. The van der Waals surface area contributed by atoms with Crippen LogP contribution in [0.1, 0.15) is 16.7 Å². The third-order valence-corrected chi connectivity index (χ3v) is 8.06. The van der Waals surface area contributed by atoms with Crippen molar-refractivity contribution in [1.82, 2.24) is 10.2 Å². The summed E-state index contributed by atoms with van der Waals surface area (Å²) in [6.45, 7) is 1.18. The lowest BCUT2D eigenvalue weighted by molar-refractivity contribution is -0.139. The maximum atomic E-state index is 13.9. The topological polar surface area (TPSA) is 86.8 Å². The highest BCUT2D eigenvalue weighted by Gasteiger charge is 2.33. The van der Waals surface area contributed by atoms with Gasteiger partial charge in [0.25, 0.3) is 0 Å². The molecule has 38 heavy (non-hydrogen) atoms. The van der Waals surface area contributed by atoms with Crippen molar-refractivity contribution in [1.29, 1.82) is 0 Å². The van der Waals surface area contributed by atoms with Gasteiger partial charge in [0, 0.05) is 25.0 Å². The molecular weight excluding hydrogens is 569 g/mol. The second kappa shape index (κ2) is 12.8. The van der Waals surface area contributed by atoms with Crippen molar-refractivity contribution in [3.63, 3.8) is 0 Å². The Kier molecular flexibility index (Phi) is 10.1. The van der Waals surface area contributed by atoms with E-state index in [0.717, 1.165) is 16.1 Å². The van der Waals surface area contributed by atoms with Crippen LogP contribution in [-0.2, 0) is 32.6 Å². The van der Waals surface area contributed by atoms with Crippen molar-refractivity contribution in [2.45, 2.75) is 25.9 Å². The fourth-order valence-corrected chi connectivity index (χ4v) is 5.50. The van der Waals surface area contributed by atoms with Crippen LogP contribution in [0, 0.1) is 6.92 Å². The minimum atomic E-state index is -3.87. The fourth-order valence-electron chi connectivity index (χ4n) is 4.05. The van der Waals surface area contributed by atoms with Gasteiger partial charge in [-0.05, 0) is 53.9 Å².